The number of rotatable bonds is 10. The third kappa shape index (κ3) is 8.38. The first-order chi connectivity index (χ1) is 11.7. The topological polar surface area (TPSA) is 40.2 Å². The van der Waals surface area contributed by atoms with Gasteiger partial charge in [-0.15, -0.1) is 0 Å². The zero-order valence-electron chi connectivity index (χ0n) is 18.6. The van der Waals surface area contributed by atoms with E-state index >= 15 is 0 Å². The number of epoxide rings is 1. The maximum atomic E-state index is 6.77. The Bertz CT molecular complexity index is 475. The van der Waals surface area contributed by atoms with Crippen LogP contribution in [0.4, 0.5) is 0 Å². The molecule has 0 spiro atoms. The predicted molar refractivity (Wildman–Crippen MR) is 119 cm³/mol. The summed E-state index contributed by atoms with van der Waals surface area (Å²) in [5.41, 5.74) is 0. The van der Waals surface area contributed by atoms with E-state index in [1.807, 2.05) is 0 Å². The first-order valence-electron chi connectivity index (χ1n) is 10.4. The van der Waals surface area contributed by atoms with Crippen LogP contribution in [-0.4, -0.2) is 46.0 Å². The van der Waals surface area contributed by atoms with E-state index < -0.39 is 33.8 Å². The molecule has 1 aliphatic carbocycles. The van der Waals surface area contributed by atoms with Crippen molar-refractivity contribution in [3.05, 3.63) is 0 Å². The summed E-state index contributed by atoms with van der Waals surface area (Å²) in [5, 5.41) is 0. The maximum absolute atomic E-state index is 6.77. The molecule has 2 aliphatic rings. The fraction of sp³-hybridized carbons (Fsp3) is 1.00. The minimum atomic E-state index is -2.22. The molecule has 0 radical (unpaired) electrons. The smallest absolute Gasteiger partial charge is 0.315 e. The Morgan fingerprint density at radius 3 is 1.92 bits per heavy atom. The number of fused-ring (bicyclic) bond motifs is 1. The fourth-order valence-electron chi connectivity index (χ4n) is 4.51. The van der Waals surface area contributed by atoms with Crippen molar-refractivity contribution in [3.63, 3.8) is 0 Å². The highest BCUT2D eigenvalue weighted by Crippen LogP contribution is 2.41. The van der Waals surface area contributed by atoms with Gasteiger partial charge in [0.1, 0.15) is 0 Å². The van der Waals surface area contributed by atoms with Crippen molar-refractivity contribution in [2.75, 3.05) is 0 Å². The molecule has 0 bridgehead atoms. The summed E-state index contributed by atoms with van der Waals surface area (Å²) in [6.45, 7) is 20.3. The van der Waals surface area contributed by atoms with Crippen LogP contribution in [0, 0.1) is 5.92 Å². The Morgan fingerprint density at radius 1 is 0.769 bits per heavy atom. The number of ether oxygens (including phenoxy) is 1. The molecule has 1 saturated carbocycles. The Kier molecular flexibility index (Phi) is 7.26. The zero-order valence-corrected chi connectivity index (χ0v) is 22.6. The van der Waals surface area contributed by atoms with E-state index in [0.717, 1.165) is 12.0 Å². The molecule has 1 saturated heterocycles. The van der Waals surface area contributed by atoms with E-state index in [-0.39, 0.29) is 0 Å². The Morgan fingerprint density at radius 2 is 1.38 bits per heavy atom. The van der Waals surface area contributed by atoms with Gasteiger partial charge < -0.3 is 17.1 Å². The highest BCUT2D eigenvalue weighted by atomic mass is 28.5. The van der Waals surface area contributed by atoms with Crippen LogP contribution in [0.15, 0.2) is 0 Å². The molecule has 4 unspecified atom stereocenters. The molecule has 0 aromatic carbocycles. The number of hydrogen-bond acceptors (Lipinski definition) is 4. The normalized spacial score (nSPS) is 29.2. The first kappa shape index (κ1) is 23.0. The van der Waals surface area contributed by atoms with Gasteiger partial charge in [0.25, 0.3) is 0 Å². The van der Waals surface area contributed by atoms with Gasteiger partial charge in [-0.25, -0.2) is 0 Å². The molecule has 4 atom stereocenters. The van der Waals surface area contributed by atoms with Crippen LogP contribution < -0.4 is 0 Å². The highest BCUT2D eigenvalue weighted by Gasteiger charge is 2.45. The second-order valence-electron chi connectivity index (χ2n) is 10.8. The van der Waals surface area contributed by atoms with Crippen LogP contribution in [0.1, 0.15) is 32.1 Å². The minimum absolute atomic E-state index is 0.586. The second-order valence-corrected chi connectivity index (χ2v) is 27.3. The van der Waals surface area contributed by atoms with Gasteiger partial charge in [-0.05, 0) is 90.1 Å². The van der Waals surface area contributed by atoms with Crippen molar-refractivity contribution < 1.29 is 17.1 Å². The Balaban J connectivity index is 1.92. The van der Waals surface area contributed by atoms with E-state index in [0.29, 0.717) is 12.2 Å². The molecule has 0 N–H and O–H groups in total. The van der Waals surface area contributed by atoms with Crippen LogP contribution in [-0.2, 0) is 17.1 Å². The van der Waals surface area contributed by atoms with Crippen molar-refractivity contribution in [2.45, 2.75) is 109 Å². The van der Waals surface area contributed by atoms with Gasteiger partial charge in [-0.3, -0.25) is 0 Å². The van der Waals surface area contributed by atoms with Crippen LogP contribution in [0.25, 0.3) is 0 Å². The monoisotopic (exact) mass is 434 g/mol. The molecule has 1 heterocycles. The standard InChI is InChI=1S/C18H42O4Si4/c1-23(2,3)20-25(7,8)22-26(9,21-24(4,5)6)14-10-11-16-12-13-17-18(15-16)19-17/h16-18H,10-15H2,1-9H3. The van der Waals surface area contributed by atoms with Crippen LogP contribution in [0.2, 0.25) is 65.0 Å². The predicted octanol–water partition coefficient (Wildman–Crippen LogP) is 5.83. The zero-order chi connectivity index (χ0) is 19.8. The van der Waals surface area contributed by atoms with Crippen molar-refractivity contribution in [1.29, 1.82) is 0 Å². The molecule has 2 fully saturated rings. The largest absolute Gasteiger partial charge is 0.437 e. The van der Waals surface area contributed by atoms with Crippen molar-refractivity contribution in [2.24, 2.45) is 5.92 Å². The third-order valence-electron chi connectivity index (χ3n) is 4.89. The van der Waals surface area contributed by atoms with Crippen molar-refractivity contribution in [3.8, 4) is 0 Å². The average Bonchev–Trinajstić information content (AvgIpc) is 3.10. The molecule has 26 heavy (non-hydrogen) atoms. The summed E-state index contributed by atoms with van der Waals surface area (Å²) >= 11 is 0. The van der Waals surface area contributed by atoms with Gasteiger partial charge >= 0.3 is 17.1 Å². The molecule has 0 aromatic rings. The van der Waals surface area contributed by atoms with Gasteiger partial charge in [0.2, 0.25) is 0 Å². The minimum Gasteiger partial charge on any atom is -0.437 e. The lowest BCUT2D eigenvalue weighted by Crippen LogP contribution is -2.56. The maximum Gasteiger partial charge on any atom is 0.315 e. The molecule has 154 valence electrons. The average molecular weight is 435 g/mol. The van der Waals surface area contributed by atoms with Crippen LogP contribution >= 0.6 is 0 Å². The summed E-state index contributed by atoms with van der Waals surface area (Å²) in [6, 6.07) is 1.09. The lowest BCUT2D eigenvalue weighted by molar-refractivity contribution is 0.315. The van der Waals surface area contributed by atoms with Crippen molar-refractivity contribution >= 4 is 33.8 Å². The molecule has 0 aromatic heterocycles. The van der Waals surface area contributed by atoms with E-state index in [9.17, 15) is 0 Å². The van der Waals surface area contributed by atoms with Crippen LogP contribution in [0.3, 0.4) is 0 Å². The van der Waals surface area contributed by atoms with Gasteiger partial charge in [0.05, 0.1) is 12.2 Å². The molecule has 0 amide bonds. The molecule has 8 heteroatoms. The third-order valence-corrected chi connectivity index (χ3v) is 18.4. The van der Waals surface area contributed by atoms with Gasteiger partial charge in [0.15, 0.2) is 16.6 Å². The second kappa shape index (κ2) is 8.21. The van der Waals surface area contributed by atoms with Crippen molar-refractivity contribution in [1.82, 2.24) is 0 Å². The highest BCUT2D eigenvalue weighted by molar-refractivity contribution is 6.89. The Labute approximate surface area is 166 Å². The van der Waals surface area contributed by atoms with E-state index in [1.165, 1.54) is 32.1 Å². The van der Waals surface area contributed by atoms with Gasteiger partial charge in [-0.1, -0.05) is 12.8 Å². The van der Waals surface area contributed by atoms with E-state index in [4.69, 9.17) is 17.1 Å². The summed E-state index contributed by atoms with van der Waals surface area (Å²) in [4.78, 5) is 0. The molecular weight excluding hydrogens is 393 g/mol. The first-order valence-corrected chi connectivity index (χ1v) is 22.6. The molecule has 1 aliphatic heterocycles. The fourth-order valence-corrected chi connectivity index (χ4v) is 22.5. The molecule has 2 rings (SSSR count). The lowest BCUT2D eigenvalue weighted by atomic mass is 9.86. The van der Waals surface area contributed by atoms with E-state index in [2.05, 4.69) is 58.9 Å². The number of hydrogen-bond donors (Lipinski definition) is 0. The summed E-state index contributed by atoms with van der Waals surface area (Å²) in [6.07, 6.45) is 7.59. The SMILES string of the molecule is C[Si](C)(C)O[Si](C)(C)O[Si](C)(CCCC1CCC2OC2C1)O[Si](C)(C)C. The lowest BCUT2D eigenvalue weighted by Gasteiger charge is -2.41. The molecule has 4 nitrogen and oxygen atoms in total. The summed E-state index contributed by atoms with van der Waals surface area (Å²) < 4.78 is 25.6. The Hall–Kier alpha value is 0.708. The summed E-state index contributed by atoms with van der Waals surface area (Å²) in [7, 11) is -7.65. The summed E-state index contributed by atoms with van der Waals surface area (Å²) in [5.74, 6) is 0.840. The molecular formula is C18H42O4Si4. The van der Waals surface area contributed by atoms with Gasteiger partial charge in [-0.2, -0.15) is 0 Å². The quantitative estimate of drug-likeness (QED) is 0.320. The van der Waals surface area contributed by atoms with E-state index in [1.54, 1.807) is 0 Å². The van der Waals surface area contributed by atoms with Crippen LogP contribution in [0.5, 0.6) is 0 Å². The van der Waals surface area contributed by atoms with Gasteiger partial charge in [0, 0.05) is 0 Å².